The molecule has 1 fully saturated rings. The fourth-order valence-corrected chi connectivity index (χ4v) is 3.11. The zero-order valence-electron chi connectivity index (χ0n) is 12.3. The largest absolute Gasteiger partial charge is 0.326 e. The van der Waals surface area contributed by atoms with Crippen molar-refractivity contribution in [2.45, 2.75) is 38.9 Å². The molecule has 106 valence electrons. The first kappa shape index (κ1) is 14.5. The van der Waals surface area contributed by atoms with Crippen molar-refractivity contribution in [1.82, 2.24) is 9.80 Å². The van der Waals surface area contributed by atoms with Crippen LogP contribution in [0.3, 0.4) is 0 Å². The zero-order valence-corrected chi connectivity index (χ0v) is 12.3. The van der Waals surface area contributed by atoms with Crippen molar-refractivity contribution in [3.8, 4) is 0 Å². The van der Waals surface area contributed by atoms with E-state index in [4.69, 9.17) is 5.73 Å². The number of nitrogens with two attached hydrogens (primary N) is 1. The van der Waals surface area contributed by atoms with Crippen LogP contribution >= 0.6 is 0 Å². The third kappa shape index (κ3) is 4.03. The molecule has 0 bridgehead atoms. The van der Waals surface area contributed by atoms with Gasteiger partial charge in [-0.25, -0.2) is 0 Å². The lowest BCUT2D eigenvalue weighted by Gasteiger charge is -2.27. The van der Waals surface area contributed by atoms with Gasteiger partial charge in [0.2, 0.25) is 0 Å². The van der Waals surface area contributed by atoms with E-state index in [9.17, 15) is 0 Å². The van der Waals surface area contributed by atoms with Gasteiger partial charge in [-0.15, -0.1) is 0 Å². The molecule has 0 aromatic heterocycles. The number of likely N-dealkylation sites (N-methyl/N-ethyl adjacent to an activating group) is 2. The summed E-state index contributed by atoms with van der Waals surface area (Å²) < 4.78 is 0. The fourth-order valence-electron chi connectivity index (χ4n) is 3.11. The van der Waals surface area contributed by atoms with E-state index < -0.39 is 0 Å². The molecule has 1 heterocycles. The lowest BCUT2D eigenvalue weighted by Crippen LogP contribution is -2.38. The molecule has 2 rings (SSSR count). The topological polar surface area (TPSA) is 32.5 Å². The highest BCUT2D eigenvalue weighted by atomic mass is 15.2. The van der Waals surface area contributed by atoms with Gasteiger partial charge in [-0.3, -0.25) is 4.90 Å². The van der Waals surface area contributed by atoms with Gasteiger partial charge in [0.1, 0.15) is 0 Å². The Labute approximate surface area is 117 Å². The molecular formula is C16H27N3. The van der Waals surface area contributed by atoms with Crippen LogP contribution in [-0.2, 0) is 13.1 Å². The second kappa shape index (κ2) is 7.04. The first-order valence-corrected chi connectivity index (χ1v) is 7.43. The second-order valence-corrected chi connectivity index (χ2v) is 5.65. The maximum absolute atomic E-state index is 5.70. The van der Waals surface area contributed by atoms with E-state index in [1.54, 1.807) is 0 Å². The summed E-state index contributed by atoms with van der Waals surface area (Å²) in [5, 5.41) is 0. The Morgan fingerprint density at radius 3 is 2.89 bits per heavy atom. The van der Waals surface area contributed by atoms with Crippen molar-refractivity contribution < 1.29 is 0 Å². The van der Waals surface area contributed by atoms with E-state index in [1.165, 1.54) is 43.6 Å². The molecule has 1 aromatic carbocycles. The first-order chi connectivity index (χ1) is 9.22. The van der Waals surface area contributed by atoms with Gasteiger partial charge in [-0.2, -0.15) is 0 Å². The van der Waals surface area contributed by atoms with Gasteiger partial charge < -0.3 is 10.6 Å². The van der Waals surface area contributed by atoms with Crippen LogP contribution in [0.2, 0.25) is 0 Å². The van der Waals surface area contributed by atoms with E-state index in [0.717, 1.165) is 12.6 Å². The molecule has 1 aliphatic heterocycles. The van der Waals surface area contributed by atoms with Gasteiger partial charge in [0.15, 0.2) is 0 Å². The lowest BCUT2D eigenvalue weighted by atomic mass is 10.1. The van der Waals surface area contributed by atoms with Crippen molar-refractivity contribution in [3.05, 3.63) is 35.4 Å². The Hall–Kier alpha value is -0.900. The zero-order chi connectivity index (χ0) is 13.7. The van der Waals surface area contributed by atoms with Crippen LogP contribution in [0.25, 0.3) is 0 Å². The molecule has 0 aliphatic carbocycles. The summed E-state index contributed by atoms with van der Waals surface area (Å²) >= 11 is 0. The molecular weight excluding hydrogens is 234 g/mol. The van der Waals surface area contributed by atoms with E-state index in [0.29, 0.717) is 6.54 Å². The summed E-state index contributed by atoms with van der Waals surface area (Å²) in [7, 11) is 2.22. The van der Waals surface area contributed by atoms with Crippen LogP contribution in [0.5, 0.6) is 0 Å². The van der Waals surface area contributed by atoms with Crippen molar-refractivity contribution in [3.63, 3.8) is 0 Å². The standard InChI is InChI=1S/C16H27N3/c1-3-19-9-5-8-16(19)13-18(2)12-15-7-4-6-14(10-15)11-17/h4,6-7,10,16H,3,5,8-9,11-13,17H2,1-2H3. The average molecular weight is 261 g/mol. The molecule has 3 nitrogen and oxygen atoms in total. The molecule has 2 N–H and O–H groups in total. The van der Waals surface area contributed by atoms with Crippen molar-refractivity contribution in [2.75, 3.05) is 26.7 Å². The molecule has 0 spiro atoms. The second-order valence-electron chi connectivity index (χ2n) is 5.65. The molecule has 0 amide bonds. The predicted octanol–water partition coefficient (Wildman–Crippen LogP) is 2.06. The van der Waals surface area contributed by atoms with Crippen molar-refractivity contribution in [1.29, 1.82) is 0 Å². The molecule has 0 saturated carbocycles. The number of hydrogen-bond acceptors (Lipinski definition) is 3. The number of rotatable bonds is 6. The molecule has 1 atom stereocenters. The van der Waals surface area contributed by atoms with Crippen LogP contribution in [0, 0.1) is 0 Å². The summed E-state index contributed by atoms with van der Waals surface area (Å²) in [6.07, 6.45) is 2.70. The van der Waals surface area contributed by atoms with Crippen LogP contribution in [0.15, 0.2) is 24.3 Å². The first-order valence-electron chi connectivity index (χ1n) is 7.43. The fraction of sp³-hybridized carbons (Fsp3) is 0.625. The Morgan fingerprint density at radius 1 is 1.37 bits per heavy atom. The number of hydrogen-bond donors (Lipinski definition) is 1. The predicted molar refractivity (Wildman–Crippen MR) is 80.9 cm³/mol. The summed E-state index contributed by atoms with van der Waals surface area (Å²) in [5.41, 5.74) is 8.29. The van der Waals surface area contributed by atoms with Gasteiger partial charge in [-0.1, -0.05) is 31.2 Å². The van der Waals surface area contributed by atoms with Crippen LogP contribution < -0.4 is 5.73 Å². The summed E-state index contributed by atoms with van der Waals surface area (Å²) in [6.45, 7) is 7.54. The van der Waals surface area contributed by atoms with Gasteiger partial charge in [0.05, 0.1) is 0 Å². The molecule has 1 saturated heterocycles. The monoisotopic (exact) mass is 261 g/mol. The Kier molecular flexibility index (Phi) is 5.37. The summed E-state index contributed by atoms with van der Waals surface area (Å²) in [6, 6.07) is 9.37. The molecule has 1 aromatic rings. The minimum absolute atomic E-state index is 0.629. The summed E-state index contributed by atoms with van der Waals surface area (Å²) in [5.74, 6) is 0. The average Bonchev–Trinajstić information content (AvgIpc) is 2.86. The maximum Gasteiger partial charge on any atom is 0.0231 e. The van der Waals surface area contributed by atoms with Gasteiger partial charge in [-0.05, 0) is 44.1 Å². The minimum Gasteiger partial charge on any atom is -0.326 e. The highest BCUT2D eigenvalue weighted by molar-refractivity contribution is 5.23. The summed E-state index contributed by atoms with van der Waals surface area (Å²) in [4.78, 5) is 5.04. The van der Waals surface area contributed by atoms with E-state index >= 15 is 0 Å². The van der Waals surface area contributed by atoms with Gasteiger partial charge >= 0.3 is 0 Å². The smallest absolute Gasteiger partial charge is 0.0231 e. The van der Waals surface area contributed by atoms with Gasteiger partial charge in [0.25, 0.3) is 0 Å². The third-order valence-corrected chi connectivity index (χ3v) is 4.11. The van der Waals surface area contributed by atoms with Crippen LogP contribution in [0.1, 0.15) is 30.9 Å². The number of benzene rings is 1. The Balaban J connectivity index is 1.88. The molecule has 0 radical (unpaired) electrons. The van der Waals surface area contributed by atoms with E-state index in [2.05, 4.69) is 48.0 Å². The number of likely N-dealkylation sites (tertiary alicyclic amines) is 1. The molecule has 3 heteroatoms. The maximum atomic E-state index is 5.70. The molecule has 19 heavy (non-hydrogen) atoms. The molecule has 1 aliphatic rings. The van der Waals surface area contributed by atoms with Gasteiger partial charge in [0, 0.05) is 25.7 Å². The Morgan fingerprint density at radius 2 is 2.16 bits per heavy atom. The normalized spacial score (nSPS) is 20.3. The lowest BCUT2D eigenvalue weighted by molar-refractivity contribution is 0.195. The third-order valence-electron chi connectivity index (χ3n) is 4.11. The highest BCUT2D eigenvalue weighted by Gasteiger charge is 2.23. The van der Waals surface area contributed by atoms with Crippen LogP contribution in [0.4, 0.5) is 0 Å². The highest BCUT2D eigenvalue weighted by Crippen LogP contribution is 2.18. The SMILES string of the molecule is CCN1CCCC1CN(C)Cc1cccc(CN)c1. The quantitative estimate of drug-likeness (QED) is 0.851. The molecule has 1 unspecified atom stereocenters. The van der Waals surface area contributed by atoms with Crippen LogP contribution in [-0.4, -0.2) is 42.5 Å². The van der Waals surface area contributed by atoms with Crippen molar-refractivity contribution >= 4 is 0 Å². The number of nitrogens with zero attached hydrogens (tertiary/aromatic N) is 2. The van der Waals surface area contributed by atoms with Crippen molar-refractivity contribution in [2.24, 2.45) is 5.73 Å². The Bertz CT molecular complexity index is 391. The van der Waals surface area contributed by atoms with E-state index in [-0.39, 0.29) is 0 Å². The van der Waals surface area contributed by atoms with E-state index in [1.807, 2.05) is 0 Å². The minimum atomic E-state index is 0.629.